The highest BCUT2D eigenvalue weighted by atomic mass is 16.2. The van der Waals surface area contributed by atoms with Crippen LogP contribution >= 0.6 is 0 Å². The summed E-state index contributed by atoms with van der Waals surface area (Å²) in [6.07, 6.45) is 4.47. The normalized spacial score (nSPS) is 15.4. The Morgan fingerprint density at radius 3 is 2.44 bits per heavy atom. The average molecular weight is 369 g/mol. The van der Waals surface area contributed by atoms with Crippen LogP contribution in [0.5, 0.6) is 0 Å². The van der Waals surface area contributed by atoms with Gasteiger partial charge in [0.25, 0.3) is 5.56 Å². The number of aromatic amines is 1. The Bertz CT molecular complexity index is 885. The van der Waals surface area contributed by atoms with Crippen LogP contribution in [-0.2, 0) is 4.79 Å². The van der Waals surface area contributed by atoms with Crippen LogP contribution in [0, 0.1) is 5.92 Å². The molecule has 1 aliphatic rings. The summed E-state index contributed by atoms with van der Waals surface area (Å²) in [5.74, 6) is -0.238. The van der Waals surface area contributed by atoms with Crippen LogP contribution in [0.2, 0.25) is 0 Å². The summed E-state index contributed by atoms with van der Waals surface area (Å²) < 4.78 is 0. The minimum atomic E-state index is -0.528. The molecule has 8 heteroatoms. The van der Waals surface area contributed by atoms with E-state index in [1.807, 2.05) is 6.92 Å². The van der Waals surface area contributed by atoms with Crippen molar-refractivity contribution in [3.8, 4) is 11.4 Å². The number of H-pyrrole nitrogens is 1. The Balaban J connectivity index is 1.79. The van der Waals surface area contributed by atoms with Crippen LogP contribution in [-0.4, -0.2) is 27.0 Å². The number of nitrogens with one attached hydrogen (secondary N) is 2. The first-order chi connectivity index (χ1) is 13.0. The van der Waals surface area contributed by atoms with E-state index in [1.54, 1.807) is 24.3 Å². The molecule has 0 spiro atoms. The maximum atomic E-state index is 12.5. The predicted octanol–water partition coefficient (Wildman–Crippen LogP) is 1.69. The van der Waals surface area contributed by atoms with Gasteiger partial charge >= 0.3 is 0 Å². The molecule has 0 radical (unpaired) electrons. The summed E-state index contributed by atoms with van der Waals surface area (Å²) in [7, 11) is 0. The van der Waals surface area contributed by atoms with Crippen LogP contribution in [0.4, 0.5) is 0 Å². The summed E-state index contributed by atoms with van der Waals surface area (Å²) >= 11 is 0. The van der Waals surface area contributed by atoms with E-state index in [1.165, 1.54) is 0 Å². The van der Waals surface area contributed by atoms with E-state index >= 15 is 0 Å². The number of hydrogen-bond acceptors (Lipinski definition) is 5. The second-order valence-electron chi connectivity index (χ2n) is 6.78. The van der Waals surface area contributed by atoms with E-state index < -0.39 is 17.5 Å². The van der Waals surface area contributed by atoms with Crippen LogP contribution in [0.25, 0.3) is 11.4 Å². The van der Waals surface area contributed by atoms with E-state index in [2.05, 4.69) is 20.5 Å². The minimum Gasteiger partial charge on any atom is -0.366 e. The van der Waals surface area contributed by atoms with Crippen molar-refractivity contribution in [3.05, 3.63) is 45.9 Å². The lowest BCUT2D eigenvalue weighted by atomic mass is 10.1. The second-order valence-corrected chi connectivity index (χ2v) is 6.78. The van der Waals surface area contributed by atoms with E-state index in [-0.39, 0.29) is 23.3 Å². The molecule has 0 bridgehead atoms. The number of benzene rings is 1. The lowest BCUT2D eigenvalue weighted by Gasteiger charge is -2.18. The average Bonchev–Trinajstić information content (AvgIpc) is 3.21. The van der Waals surface area contributed by atoms with Gasteiger partial charge in [0.2, 0.25) is 11.8 Å². The molecule has 0 saturated heterocycles. The summed E-state index contributed by atoms with van der Waals surface area (Å²) in [4.78, 5) is 38.7. The van der Waals surface area contributed by atoms with Crippen molar-refractivity contribution in [2.24, 2.45) is 11.7 Å². The molecule has 1 unspecified atom stereocenters. The standard InChI is InChI=1S/C19H23N5O3/c1-2-14(21-18(26)13-5-3-4-6-13)15-19(27)22-17(24-23-15)12-9-7-11(8-10-12)16(20)25/h7-10,13-14H,2-6H2,1H3,(H2,20,25)(H,21,26)(H,22,24,27). The highest BCUT2D eigenvalue weighted by Crippen LogP contribution is 2.25. The fourth-order valence-corrected chi connectivity index (χ4v) is 3.34. The molecular formula is C19H23N5O3. The fourth-order valence-electron chi connectivity index (χ4n) is 3.34. The molecule has 1 atom stereocenters. The topological polar surface area (TPSA) is 131 Å². The third-order valence-corrected chi connectivity index (χ3v) is 4.95. The monoisotopic (exact) mass is 369 g/mol. The Kier molecular flexibility index (Phi) is 5.63. The molecule has 1 fully saturated rings. The number of aromatic nitrogens is 3. The van der Waals surface area contributed by atoms with Crippen molar-refractivity contribution < 1.29 is 9.59 Å². The third kappa shape index (κ3) is 4.21. The molecule has 4 N–H and O–H groups in total. The zero-order valence-corrected chi connectivity index (χ0v) is 15.2. The number of nitrogens with zero attached hydrogens (tertiary/aromatic N) is 2. The van der Waals surface area contributed by atoms with Crippen LogP contribution < -0.4 is 16.6 Å². The summed E-state index contributed by atoms with van der Waals surface area (Å²) in [6.45, 7) is 1.89. The molecule has 3 rings (SSSR count). The van der Waals surface area contributed by atoms with Crippen LogP contribution in [0.1, 0.15) is 61.1 Å². The maximum absolute atomic E-state index is 12.5. The first kappa shape index (κ1) is 18.8. The summed E-state index contributed by atoms with van der Waals surface area (Å²) in [5.41, 5.74) is 6.00. The Morgan fingerprint density at radius 2 is 1.89 bits per heavy atom. The third-order valence-electron chi connectivity index (χ3n) is 4.95. The highest BCUT2D eigenvalue weighted by Gasteiger charge is 2.26. The lowest BCUT2D eigenvalue weighted by Crippen LogP contribution is -2.36. The van der Waals surface area contributed by atoms with Gasteiger partial charge < -0.3 is 16.0 Å². The van der Waals surface area contributed by atoms with E-state index in [9.17, 15) is 14.4 Å². The van der Waals surface area contributed by atoms with Crippen molar-refractivity contribution in [1.82, 2.24) is 20.5 Å². The Labute approximate surface area is 156 Å². The van der Waals surface area contributed by atoms with Gasteiger partial charge in [-0.05, 0) is 31.4 Å². The van der Waals surface area contributed by atoms with Crippen molar-refractivity contribution in [3.63, 3.8) is 0 Å². The maximum Gasteiger partial charge on any atom is 0.275 e. The number of carbonyl (C=O) groups is 2. The number of carbonyl (C=O) groups excluding carboxylic acids is 2. The molecule has 2 aromatic rings. The smallest absolute Gasteiger partial charge is 0.275 e. The van der Waals surface area contributed by atoms with Gasteiger partial charge in [0, 0.05) is 17.0 Å². The minimum absolute atomic E-state index is 0.0216. The number of primary amides is 1. The molecule has 142 valence electrons. The molecule has 0 aliphatic heterocycles. The van der Waals surface area contributed by atoms with Gasteiger partial charge in [-0.3, -0.25) is 14.4 Å². The molecule has 8 nitrogen and oxygen atoms in total. The Morgan fingerprint density at radius 1 is 1.22 bits per heavy atom. The van der Waals surface area contributed by atoms with E-state index in [0.717, 1.165) is 25.7 Å². The zero-order chi connectivity index (χ0) is 19.4. The summed E-state index contributed by atoms with van der Waals surface area (Å²) in [6, 6.07) is 5.92. The van der Waals surface area contributed by atoms with Gasteiger partial charge in [-0.25, -0.2) is 0 Å². The van der Waals surface area contributed by atoms with Gasteiger partial charge in [0.05, 0.1) is 6.04 Å². The molecule has 1 saturated carbocycles. The molecule has 1 aromatic heterocycles. The molecule has 2 amide bonds. The SMILES string of the molecule is CCC(NC(=O)C1CCCC1)c1nnc(-c2ccc(C(N)=O)cc2)[nH]c1=O. The molecule has 27 heavy (non-hydrogen) atoms. The lowest BCUT2D eigenvalue weighted by molar-refractivity contribution is -0.125. The quantitative estimate of drug-likeness (QED) is 0.713. The number of amides is 2. The first-order valence-electron chi connectivity index (χ1n) is 9.17. The van der Waals surface area contributed by atoms with Gasteiger partial charge in [0.15, 0.2) is 11.5 Å². The van der Waals surface area contributed by atoms with Crippen LogP contribution in [0.3, 0.4) is 0 Å². The van der Waals surface area contributed by atoms with Gasteiger partial charge in [-0.15, -0.1) is 10.2 Å². The Hall–Kier alpha value is -3.03. The summed E-state index contributed by atoms with van der Waals surface area (Å²) in [5, 5.41) is 11.1. The highest BCUT2D eigenvalue weighted by molar-refractivity contribution is 5.93. The van der Waals surface area contributed by atoms with Gasteiger partial charge in [-0.1, -0.05) is 31.9 Å². The molecule has 1 aliphatic carbocycles. The zero-order valence-electron chi connectivity index (χ0n) is 15.2. The van der Waals surface area contributed by atoms with Gasteiger partial charge in [-0.2, -0.15) is 0 Å². The fraction of sp³-hybridized carbons (Fsp3) is 0.421. The molecular weight excluding hydrogens is 346 g/mol. The second kappa shape index (κ2) is 8.11. The first-order valence-corrected chi connectivity index (χ1v) is 9.17. The largest absolute Gasteiger partial charge is 0.366 e. The number of nitrogens with two attached hydrogens (primary N) is 1. The predicted molar refractivity (Wildman–Crippen MR) is 99.7 cm³/mol. The number of rotatable bonds is 6. The van der Waals surface area contributed by atoms with Gasteiger partial charge in [0.1, 0.15) is 0 Å². The van der Waals surface area contributed by atoms with Crippen LogP contribution in [0.15, 0.2) is 29.1 Å². The van der Waals surface area contributed by atoms with Crippen molar-refractivity contribution in [1.29, 1.82) is 0 Å². The van der Waals surface area contributed by atoms with E-state index in [0.29, 0.717) is 17.5 Å². The van der Waals surface area contributed by atoms with Crippen molar-refractivity contribution in [2.75, 3.05) is 0 Å². The van der Waals surface area contributed by atoms with Crippen molar-refractivity contribution >= 4 is 11.8 Å². The van der Waals surface area contributed by atoms with Crippen molar-refractivity contribution in [2.45, 2.75) is 45.1 Å². The van der Waals surface area contributed by atoms with E-state index in [4.69, 9.17) is 5.73 Å². The molecule has 1 aromatic carbocycles. The number of hydrogen-bond donors (Lipinski definition) is 3. The molecule has 1 heterocycles.